The number of nitrogens with one attached hydrogen (secondary N) is 1. The van der Waals surface area contributed by atoms with E-state index in [1.165, 1.54) is 0 Å². The monoisotopic (exact) mass is 283 g/mol. The standard InChI is InChI=1S/C13H21N3O2S/c1-2-15-19(17,18)13-6-4-3-5-12(13)16-8-7-11(9-14)10-16/h3-6,11,15H,2,7-10,14H2,1H3. The molecule has 3 N–H and O–H groups in total. The summed E-state index contributed by atoms with van der Waals surface area (Å²) in [7, 11) is -3.43. The first-order valence-electron chi connectivity index (χ1n) is 6.62. The molecule has 0 aromatic heterocycles. The van der Waals surface area contributed by atoms with Gasteiger partial charge in [0.15, 0.2) is 0 Å². The third-order valence-electron chi connectivity index (χ3n) is 3.45. The first kappa shape index (κ1) is 14.3. The molecule has 1 aromatic carbocycles. The van der Waals surface area contributed by atoms with E-state index in [1.54, 1.807) is 19.1 Å². The summed E-state index contributed by atoms with van der Waals surface area (Å²) in [6, 6.07) is 7.15. The van der Waals surface area contributed by atoms with Crippen LogP contribution in [0.5, 0.6) is 0 Å². The molecule has 2 rings (SSSR count). The van der Waals surface area contributed by atoms with Crippen LogP contribution in [0.25, 0.3) is 0 Å². The van der Waals surface area contributed by atoms with Crippen LogP contribution in [0.1, 0.15) is 13.3 Å². The summed E-state index contributed by atoms with van der Waals surface area (Å²) in [6.45, 7) is 4.51. The van der Waals surface area contributed by atoms with Crippen molar-refractivity contribution in [2.24, 2.45) is 11.7 Å². The highest BCUT2D eigenvalue weighted by molar-refractivity contribution is 7.89. The SMILES string of the molecule is CCNS(=O)(=O)c1ccccc1N1CCC(CN)C1. The first-order valence-corrected chi connectivity index (χ1v) is 8.10. The molecule has 1 atom stereocenters. The van der Waals surface area contributed by atoms with Gasteiger partial charge in [0, 0.05) is 19.6 Å². The molecule has 1 fully saturated rings. The molecule has 5 nitrogen and oxygen atoms in total. The number of anilines is 1. The summed E-state index contributed by atoms with van der Waals surface area (Å²) in [5.74, 6) is 0.454. The van der Waals surface area contributed by atoms with E-state index in [1.807, 2.05) is 12.1 Å². The van der Waals surface area contributed by atoms with Gasteiger partial charge in [-0.05, 0) is 31.0 Å². The maximum Gasteiger partial charge on any atom is 0.242 e. The Kier molecular flexibility index (Phi) is 4.44. The minimum Gasteiger partial charge on any atom is -0.370 e. The lowest BCUT2D eigenvalue weighted by Crippen LogP contribution is -2.28. The van der Waals surface area contributed by atoms with Gasteiger partial charge >= 0.3 is 0 Å². The number of hydrogen-bond donors (Lipinski definition) is 2. The Balaban J connectivity index is 2.32. The molecule has 0 saturated carbocycles. The first-order chi connectivity index (χ1) is 9.08. The second-order valence-corrected chi connectivity index (χ2v) is 6.54. The number of sulfonamides is 1. The van der Waals surface area contributed by atoms with Gasteiger partial charge in [0.2, 0.25) is 10.0 Å². The maximum atomic E-state index is 12.2. The van der Waals surface area contributed by atoms with Crippen molar-refractivity contribution in [3.05, 3.63) is 24.3 Å². The molecular weight excluding hydrogens is 262 g/mol. The van der Waals surface area contributed by atoms with Crippen molar-refractivity contribution in [1.29, 1.82) is 0 Å². The number of benzene rings is 1. The molecule has 1 aliphatic heterocycles. The number of para-hydroxylation sites is 1. The lowest BCUT2D eigenvalue weighted by molar-refractivity contribution is 0.583. The van der Waals surface area contributed by atoms with Crippen molar-refractivity contribution in [1.82, 2.24) is 4.72 Å². The largest absolute Gasteiger partial charge is 0.370 e. The van der Waals surface area contributed by atoms with Gasteiger partial charge in [-0.1, -0.05) is 19.1 Å². The van der Waals surface area contributed by atoms with Crippen LogP contribution in [-0.4, -0.2) is 34.6 Å². The van der Waals surface area contributed by atoms with Gasteiger partial charge < -0.3 is 10.6 Å². The highest BCUT2D eigenvalue weighted by Gasteiger charge is 2.26. The van der Waals surface area contributed by atoms with Crippen LogP contribution in [0.2, 0.25) is 0 Å². The van der Waals surface area contributed by atoms with Gasteiger partial charge in [-0.25, -0.2) is 13.1 Å². The Morgan fingerprint density at radius 2 is 2.16 bits per heavy atom. The van der Waals surface area contributed by atoms with E-state index in [0.717, 1.165) is 25.2 Å². The van der Waals surface area contributed by atoms with E-state index in [9.17, 15) is 8.42 Å². The molecule has 0 aliphatic carbocycles. The summed E-state index contributed by atoms with van der Waals surface area (Å²) in [4.78, 5) is 2.47. The van der Waals surface area contributed by atoms with Gasteiger partial charge in [-0.15, -0.1) is 0 Å². The van der Waals surface area contributed by atoms with Crippen LogP contribution >= 0.6 is 0 Å². The summed E-state index contributed by atoms with van der Waals surface area (Å²) in [5, 5.41) is 0. The average Bonchev–Trinajstić information content (AvgIpc) is 2.87. The Morgan fingerprint density at radius 1 is 1.42 bits per heavy atom. The smallest absolute Gasteiger partial charge is 0.242 e. The van der Waals surface area contributed by atoms with E-state index in [4.69, 9.17) is 5.73 Å². The molecular formula is C13H21N3O2S. The fourth-order valence-electron chi connectivity index (χ4n) is 2.46. The minimum atomic E-state index is -3.43. The number of hydrogen-bond acceptors (Lipinski definition) is 4. The molecule has 1 heterocycles. The second kappa shape index (κ2) is 5.90. The van der Waals surface area contributed by atoms with Gasteiger partial charge in [0.25, 0.3) is 0 Å². The third kappa shape index (κ3) is 3.08. The Bertz CT molecular complexity index is 530. The van der Waals surface area contributed by atoms with Crippen molar-refractivity contribution in [3.8, 4) is 0 Å². The highest BCUT2D eigenvalue weighted by Crippen LogP contribution is 2.29. The summed E-state index contributed by atoms with van der Waals surface area (Å²) in [5.41, 5.74) is 6.47. The van der Waals surface area contributed by atoms with E-state index in [0.29, 0.717) is 23.9 Å². The zero-order valence-corrected chi connectivity index (χ0v) is 12.0. The fraction of sp³-hybridized carbons (Fsp3) is 0.538. The van der Waals surface area contributed by atoms with Crippen LogP contribution < -0.4 is 15.4 Å². The van der Waals surface area contributed by atoms with Crippen LogP contribution in [0.15, 0.2) is 29.2 Å². The molecule has 0 amide bonds. The Labute approximate surface area is 114 Å². The molecule has 1 unspecified atom stereocenters. The van der Waals surface area contributed by atoms with E-state index in [-0.39, 0.29) is 0 Å². The molecule has 0 radical (unpaired) electrons. The summed E-state index contributed by atoms with van der Waals surface area (Å²) < 4.78 is 26.9. The molecule has 106 valence electrons. The summed E-state index contributed by atoms with van der Waals surface area (Å²) in [6.07, 6.45) is 1.02. The van der Waals surface area contributed by atoms with Crippen molar-refractivity contribution in [2.45, 2.75) is 18.2 Å². The number of nitrogens with zero attached hydrogens (tertiary/aromatic N) is 1. The van der Waals surface area contributed by atoms with Crippen molar-refractivity contribution >= 4 is 15.7 Å². The average molecular weight is 283 g/mol. The van der Waals surface area contributed by atoms with Crippen molar-refractivity contribution in [2.75, 3.05) is 31.1 Å². The topological polar surface area (TPSA) is 75.4 Å². The number of rotatable bonds is 5. The van der Waals surface area contributed by atoms with Crippen LogP contribution in [0.4, 0.5) is 5.69 Å². The van der Waals surface area contributed by atoms with E-state index in [2.05, 4.69) is 9.62 Å². The van der Waals surface area contributed by atoms with Gasteiger partial charge in [-0.3, -0.25) is 0 Å². The van der Waals surface area contributed by atoms with E-state index >= 15 is 0 Å². The normalized spacial score (nSPS) is 19.9. The maximum absolute atomic E-state index is 12.2. The van der Waals surface area contributed by atoms with Crippen molar-refractivity contribution in [3.63, 3.8) is 0 Å². The molecule has 1 aliphatic rings. The summed E-state index contributed by atoms with van der Waals surface area (Å²) >= 11 is 0. The Morgan fingerprint density at radius 3 is 2.79 bits per heavy atom. The zero-order valence-electron chi connectivity index (χ0n) is 11.2. The molecule has 0 bridgehead atoms. The predicted molar refractivity (Wildman–Crippen MR) is 76.7 cm³/mol. The number of nitrogens with two attached hydrogens (primary N) is 1. The molecule has 1 aromatic rings. The van der Waals surface area contributed by atoms with Crippen molar-refractivity contribution < 1.29 is 8.42 Å². The molecule has 1 saturated heterocycles. The lowest BCUT2D eigenvalue weighted by atomic mass is 10.1. The minimum absolute atomic E-state index is 0.356. The van der Waals surface area contributed by atoms with Crippen LogP contribution in [0.3, 0.4) is 0 Å². The van der Waals surface area contributed by atoms with Crippen LogP contribution in [0, 0.1) is 5.92 Å². The van der Waals surface area contributed by atoms with Gasteiger partial charge in [-0.2, -0.15) is 0 Å². The van der Waals surface area contributed by atoms with E-state index < -0.39 is 10.0 Å². The molecule has 6 heteroatoms. The van der Waals surface area contributed by atoms with Gasteiger partial charge in [0.1, 0.15) is 4.90 Å². The Hall–Kier alpha value is -1.11. The third-order valence-corrected chi connectivity index (χ3v) is 5.04. The van der Waals surface area contributed by atoms with Gasteiger partial charge in [0.05, 0.1) is 5.69 Å². The molecule has 19 heavy (non-hydrogen) atoms. The zero-order chi connectivity index (χ0) is 13.9. The van der Waals surface area contributed by atoms with Crippen LogP contribution in [-0.2, 0) is 10.0 Å². The highest BCUT2D eigenvalue weighted by atomic mass is 32.2. The predicted octanol–water partition coefficient (Wildman–Crippen LogP) is 0.770. The lowest BCUT2D eigenvalue weighted by Gasteiger charge is -2.21. The second-order valence-electron chi connectivity index (χ2n) is 4.81. The molecule has 0 spiro atoms. The quantitative estimate of drug-likeness (QED) is 0.837. The fourth-order valence-corrected chi connectivity index (χ4v) is 3.72.